The Labute approximate surface area is 436 Å². The molecule has 4 aliphatic heterocycles. The highest BCUT2D eigenvalue weighted by atomic mass is 16.7. The van der Waals surface area contributed by atoms with E-state index in [-0.39, 0.29) is 42.9 Å². The number of rotatable bonds is 15. The second-order valence-electron chi connectivity index (χ2n) is 22.5. The number of nitro benzene ring substituents is 1. The Morgan fingerprint density at radius 3 is 2.24 bits per heavy atom. The number of ether oxygens (including phenoxy) is 7. The van der Waals surface area contributed by atoms with E-state index in [4.69, 9.17) is 33.2 Å². The zero-order valence-electron chi connectivity index (χ0n) is 45.9. The number of aromatic nitrogens is 3. The van der Waals surface area contributed by atoms with Crippen molar-refractivity contribution in [3.05, 3.63) is 51.8 Å². The van der Waals surface area contributed by atoms with Gasteiger partial charge < -0.3 is 58.5 Å². The fourth-order valence-corrected chi connectivity index (χ4v) is 11.9. The van der Waals surface area contributed by atoms with Gasteiger partial charge in [-0.05, 0) is 92.8 Å². The summed E-state index contributed by atoms with van der Waals surface area (Å²) in [5.74, 6) is -4.76. The second-order valence-corrected chi connectivity index (χ2v) is 22.5. The zero-order valence-corrected chi connectivity index (χ0v) is 45.9. The molecule has 1 aromatic heterocycles. The Morgan fingerprint density at radius 1 is 0.932 bits per heavy atom. The van der Waals surface area contributed by atoms with Crippen molar-refractivity contribution in [3.63, 3.8) is 0 Å². The van der Waals surface area contributed by atoms with Gasteiger partial charge in [0.05, 0.1) is 64.3 Å². The smallest absolute Gasteiger partial charge is 0.311 e. The number of methoxy groups -OCH3 is 2. The Bertz CT molecular complexity index is 2170. The first-order valence-corrected chi connectivity index (χ1v) is 26.6. The molecule has 4 N–H and O–H groups in total. The summed E-state index contributed by atoms with van der Waals surface area (Å²) in [6.45, 7) is 19.9. The quantitative estimate of drug-likeness (QED) is 0.110. The molecule has 418 valence electrons. The number of hydrogen-bond acceptors (Lipinski definition) is 19. The predicted octanol–water partition coefficient (Wildman–Crippen LogP) is 4.39. The van der Waals surface area contributed by atoms with Crippen LogP contribution in [0.3, 0.4) is 0 Å². The maximum Gasteiger partial charge on any atom is 0.311 e. The van der Waals surface area contributed by atoms with Gasteiger partial charge >= 0.3 is 5.97 Å². The number of Topliss-reactive ketones (excluding diaryl/α,β-unsaturated/α-hetero) is 1. The number of nitrogens with zero attached hydrogens (tertiary/aromatic N) is 6. The van der Waals surface area contributed by atoms with E-state index >= 15 is 0 Å². The number of likely N-dealkylation sites (tertiary alicyclic amines) is 1. The van der Waals surface area contributed by atoms with Crippen molar-refractivity contribution in [2.75, 3.05) is 40.9 Å². The number of carbonyl (C=O) groups is 2. The molecule has 19 atom stereocenters. The second kappa shape index (κ2) is 24.8. The highest BCUT2D eigenvalue weighted by Crippen LogP contribution is 2.42. The number of cyclic esters (lactones) is 1. The molecule has 0 aliphatic carbocycles. The van der Waals surface area contributed by atoms with E-state index in [2.05, 4.69) is 20.1 Å². The van der Waals surface area contributed by atoms with Crippen molar-refractivity contribution in [2.45, 2.75) is 211 Å². The third-order valence-electron chi connectivity index (χ3n) is 16.9. The highest BCUT2D eigenvalue weighted by Gasteiger charge is 2.54. The molecule has 74 heavy (non-hydrogen) atoms. The first-order valence-electron chi connectivity index (χ1n) is 26.6. The van der Waals surface area contributed by atoms with Gasteiger partial charge in [0.25, 0.3) is 5.69 Å². The molecule has 0 unspecified atom stereocenters. The van der Waals surface area contributed by atoms with Crippen LogP contribution >= 0.6 is 0 Å². The summed E-state index contributed by atoms with van der Waals surface area (Å²) in [4.78, 5) is 43.9. The van der Waals surface area contributed by atoms with Crippen molar-refractivity contribution in [1.29, 1.82) is 0 Å². The van der Waals surface area contributed by atoms with Crippen molar-refractivity contribution in [3.8, 4) is 0 Å². The van der Waals surface area contributed by atoms with E-state index in [0.717, 1.165) is 37.2 Å². The van der Waals surface area contributed by atoms with Crippen LogP contribution in [0.1, 0.15) is 125 Å². The van der Waals surface area contributed by atoms with Crippen LogP contribution in [0.4, 0.5) is 5.69 Å². The van der Waals surface area contributed by atoms with Crippen LogP contribution in [0.5, 0.6) is 0 Å². The molecule has 2 aromatic rings. The molecular weight excluding hydrogens is 961 g/mol. The maximum atomic E-state index is 14.5. The lowest BCUT2D eigenvalue weighted by Crippen LogP contribution is -2.61. The molecule has 4 saturated heterocycles. The molecule has 1 aromatic carbocycles. The number of piperidine rings is 1. The number of nitro groups is 1. The van der Waals surface area contributed by atoms with E-state index in [9.17, 15) is 40.1 Å². The van der Waals surface area contributed by atoms with Crippen LogP contribution in [-0.2, 0) is 55.7 Å². The van der Waals surface area contributed by atoms with Crippen LogP contribution in [0.15, 0.2) is 30.5 Å². The summed E-state index contributed by atoms with van der Waals surface area (Å²) in [6, 6.07) is 6.34. The van der Waals surface area contributed by atoms with Crippen LogP contribution in [0, 0.1) is 33.8 Å². The number of likely N-dealkylation sites (N-methyl/N-ethyl adjacent to an activating group) is 1. The number of aliphatic hydroxyl groups excluding tert-OH is 3. The van der Waals surface area contributed by atoms with Crippen LogP contribution in [0.25, 0.3) is 0 Å². The molecular formula is C53H86N6O15. The number of ketones is 1. The molecule has 6 rings (SSSR count). The number of aliphatic hydroxyl groups is 4. The monoisotopic (exact) mass is 1050 g/mol. The molecule has 5 heterocycles. The summed E-state index contributed by atoms with van der Waals surface area (Å²) in [6.07, 6.45) is -5.24. The minimum Gasteiger partial charge on any atom is -0.459 e. The molecule has 4 fully saturated rings. The fraction of sp³-hybridized carbons (Fsp3) is 0.811. The van der Waals surface area contributed by atoms with E-state index in [1.807, 2.05) is 31.8 Å². The van der Waals surface area contributed by atoms with Gasteiger partial charge in [0.15, 0.2) is 12.6 Å². The summed E-state index contributed by atoms with van der Waals surface area (Å²) in [7, 11) is 4.94. The van der Waals surface area contributed by atoms with Crippen molar-refractivity contribution in [1.82, 2.24) is 24.8 Å². The Kier molecular flexibility index (Phi) is 20.0. The van der Waals surface area contributed by atoms with Gasteiger partial charge in [0, 0.05) is 88.8 Å². The molecule has 0 saturated carbocycles. The molecule has 0 spiro atoms. The topological polar surface area (TPSA) is 260 Å². The van der Waals surface area contributed by atoms with Gasteiger partial charge in [-0.15, -0.1) is 5.10 Å². The van der Waals surface area contributed by atoms with E-state index in [1.54, 1.807) is 60.6 Å². The summed E-state index contributed by atoms with van der Waals surface area (Å²) in [5.41, 5.74) is -2.55. The number of benzene rings is 1. The Hall–Kier alpha value is -3.58. The number of esters is 1. The number of hydrogen-bond donors (Lipinski definition) is 4. The largest absolute Gasteiger partial charge is 0.459 e. The summed E-state index contributed by atoms with van der Waals surface area (Å²) in [5, 5.41) is 67.1. The van der Waals surface area contributed by atoms with Crippen LogP contribution in [0.2, 0.25) is 0 Å². The lowest BCUT2D eigenvalue weighted by atomic mass is 9.74. The normalized spacial score (nSPS) is 40.4. The SMILES string of the molecule is CC[C@H]1OC(=O)[C@H](C)[C@@H](O[C@H]2C[C@@](C)(OC)[C@@H](O)[C@H](C)O2)[C@H](C)[C@@H](O[C@H]2O[C@H](C)C[C@H](N(C)CCc3cn([C@H]4CCCN(Cc5ccc([N+](=O)[O-])cc5)C4)nn3)[C@H]2O)[C@](C)(OC)C[C@@H](C)C(=O)[C@@H](C)[C@@H](O)[C@]1(C)O. The van der Waals surface area contributed by atoms with E-state index in [0.29, 0.717) is 25.9 Å². The van der Waals surface area contributed by atoms with Gasteiger partial charge in [-0.2, -0.15) is 0 Å². The number of non-ortho nitro benzene ring substituents is 1. The lowest BCUT2D eigenvalue weighted by molar-refractivity contribution is -0.384. The standard InChI is InChI=1S/C53H86N6O15/c1-14-41-53(10,65)46(62)32(4)43(60)30(2)25-52(9,69-13)48(33(5)45(34(6)49(64)72-41)73-42-26-51(8,68-12)47(63)35(7)71-42)74-50-44(61)40(24-31(3)70-50)56(11)23-21-37-28-58(55-54-37)39-16-15-22-57(29-39)27-36-17-19-38(20-18-36)59(66)67/h17-20,28,30-35,39-42,44-48,50,61-63,65H,14-16,21-27,29H2,1-13H3/t30-,31-,32-,33+,34-,35+,39+,40+,41-,42+,44-,45+,46-,47+,48-,50-,51-,52-,53-/m1/s1. The van der Waals surface area contributed by atoms with Gasteiger partial charge in [-0.1, -0.05) is 45.0 Å². The van der Waals surface area contributed by atoms with E-state index in [1.165, 1.54) is 33.3 Å². The van der Waals surface area contributed by atoms with Gasteiger partial charge in [-0.25, -0.2) is 4.68 Å². The third kappa shape index (κ3) is 13.4. The first-order chi connectivity index (χ1) is 34.8. The molecule has 0 bridgehead atoms. The van der Waals surface area contributed by atoms with E-state index < -0.39 is 113 Å². The average Bonchev–Trinajstić information content (AvgIpc) is 3.86. The predicted molar refractivity (Wildman–Crippen MR) is 270 cm³/mol. The average molecular weight is 1050 g/mol. The fourth-order valence-electron chi connectivity index (χ4n) is 11.9. The summed E-state index contributed by atoms with van der Waals surface area (Å²) < 4.78 is 46.8. The van der Waals surface area contributed by atoms with Crippen LogP contribution < -0.4 is 0 Å². The Balaban J connectivity index is 1.24. The third-order valence-corrected chi connectivity index (χ3v) is 16.9. The van der Waals surface area contributed by atoms with Crippen molar-refractivity contribution < 1.29 is 68.1 Å². The minimum absolute atomic E-state index is 0.0608. The highest BCUT2D eigenvalue weighted by molar-refractivity contribution is 5.83. The summed E-state index contributed by atoms with van der Waals surface area (Å²) >= 11 is 0. The van der Waals surface area contributed by atoms with Gasteiger partial charge in [0.1, 0.15) is 29.7 Å². The van der Waals surface area contributed by atoms with Crippen LogP contribution in [-0.4, -0.2) is 187 Å². The van der Waals surface area contributed by atoms with Crippen molar-refractivity contribution >= 4 is 17.4 Å². The molecule has 0 radical (unpaired) electrons. The zero-order chi connectivity index (χ0) is 54.6. The molecule has 21 nitrogen and oxygen atoms in total. The minimum atomic E-state index is -2.01. The molecule has 21 heteroatoms. The molecule has 4 aliphatic rings. The van der Waals surface area contributed by atoms with Gasteiger partial charge in [0.2, 0.25) is 0 Å². The maximum absolute atomic E-state index is 14.5. The molecule has 0 amide bonds. The Morgan fingerprint density at radius 2 is 1.61 bits per heavy atom. The lowest BCUT2D eigenvalue weighted by Gasteiger charge is -2.50. The first kappa shape index (κ1) is 59.7. The number of carbonyl (C=O) groups excluding carboxylic acids is 2. The van der Waals surface area contributed by atoms with Gasteiger partial charge in [-0.3, -0.25) is 24.6 Å². The van der Waals surface area contributed by atoms with Crippen molar-refractivity contribution in [2.24, 2.45) is 23.7 Å².